The third kappa shape index (κ3) is 8.01. The molecule has 0 aliphatic rings. The zero-order valence-electron chi connectivity index (χ0n) is 38.1. The summed E-state index contributed by atoms with van der Waals surface area (Å²) in [5, 5.41) is 14.2. The Bertz CT molecular complexity index is 3370. The van der Waals surface area contributed by atoms with Crippen molar-refractivity contribution in [3.8, 4) is 67.5 Å². The van der Waals surface area contributed by atoms with Crippen molar-refractivity contribution in [1.29, 1.82) is 0 Å². The van der Waals surface area contributed by atoms with E-state index in [4.69, 9.17) is 14.4 Å². The molecular weight excluding hydrogens is 978 g/mol. The van der Waals surface area contributed by atoms with E-state index in [9.17, 15) is 5.11 Å². The Kier molecular flexibility index (Phi) is 11.3. The van der Waals surface area contributed by atoms with Crippen LogP contribution < -0.4 is 0 Å². The Balaban J connectivity index is 0.00000533. The number of phenolic OH excluding ortho intramolecular Hbond substituents is 1. The number of fused-ring (bicyclic) bond motifs is 5. The molecule has 10 rings (SSSR count). The molecule has 1 N–H and O–H groups in total. The maximum absolute atomic E-state index is 12.5. The Labute approximate surface area is 396 Å². The summed E-state index contributed by atoms with van der Waals surface area (Å²) in [5.74, 6) is 1.07. The standard InChI is InChI=1S/C59H52N3O2.Pt/c1-36(2)45-31-41(40-21-19-39(20-22-40)37-15-11-9-12-16-37)23-25-50(45)62-51-26-28-53-54(55(51)61-57(62)47-34-44(58(3,4)5)35-48(56(47)63)59(6,7)8)46-32-43(24-27-52(46)64-53)49-33-42(29-30-60-49)38-17-13-10-14-18-38;/h9-31,33-36,63H,1-8H3;/q-1;. The first-order chi connectivity index (χ1) is 30.7. The van der Waals surface area contributed by atoms with Gasteiger partial charge in [-0.3, -0.25) is 9.55 Å². The van der Waals surface area contributed by atoms with Gasteiger partial charge in [0, 0.05) is 38.5 Å². The molecule has 5 nitrogen and oxygen atoms in total. The fourth-order valence-electron chi connectivity index (χ4n) is 8.98. The van der Waals surface area contributed by atoms with Gasteiger partial charge in [0.1, 0.15) is 11.6 Å². The molecule has 10 aromatic rings. The molecule has 65 heavy (non-hydrogen) atoms. The van der Waals surface area contributed by atoms with Crippen LogP contribution in [-0.4, -0.2) is 19.6 Å². The number of aromatic nitrogens is 3. The van der Waals surface area contributed by atoms with Crippen molar-refractivity contribution in [3.63, 3.8) is 0 Å². The van der Waals surface area contributed by atoms with Gasteiger partial charge in [-0.2, -0.15) is 0 Å². The van der Waals surface area contributed by atoms with Crippen LogP contribution in [0.5, 0.6) is 5.75 Å². The van der Waals surface area contributed by atoms with Gasteiger partial charge in [-0.05, 0) is 103 Å². The first-order valence-electron chi connectivity index (χ1n) is 22.2. The van der Waals surface area contributed by atoms with Gasteiger partial charge >= 0.3 is 0 Å². The van der Waals surface area contributed by atoms with Crippen LogP contribution >= 0.6 is 0 Å². The molecule has 0 atom stereocenters. The van der Waals surface area contributed by atoms with Crippen molar-refractivity contribution < 1.29 is 30.6 Å². The molecule has 0 aliphatic heterocycles. The van der Waals surface area contributed by atoms with E-state index in [1.165, 1.54) is 16.7 Å². The fourth-order valence-corrected chi connectivity index (χ4v) is 8.98. The zero-order chi connectivity index (χ0) is 44.5. The second-order valence-electron chi connectivity index (χ2n) is 19.4. The third-order valence-corrected chi connectivity index (χ3v) is 12.5. The molecule has 0 aliphatic carbocycles. The molecule has 0 fully saturated rings. The summed E-state index contributed by atoms with van der Waals surface area (Å²) in [5.41, 5.74) is 16.1. The van der Waals surface area contributed by atoms with Crippen LogP contribution in [-0.2, 0) is 31.9 Å². The Morgan fingerprint density at radius 3 is 1.86 bits per heavy atom. The smallest absolute Gasteiger partial charge is 0.148 e. The van der Waals surface area contributed by atoms with Crippen molar-refractivity contribution in [3.05, 3.63) is 181 Å². The van der Waals surface area contributed by atoms with Crippen molar-refractivity contribution in [2.45, 2.75) is 72.1 Å². The molecule has 0 spiro atoms. The summed E-state index contributed by atoms with van der Waals surface area (Å²) in [4.78, 5) is 10.4. The molecule has 326 valence electrons. The number of benzene rings is 7. The van der Waals surface area contributed by atoms with Gasteiger partial charge < -0.3 is 9.52 Å². The summed E-state index contributed by atoms with van der Waals surface area (Å²) < 4.78 is 8.83. The van der Waals surface area contributed by atoms with E-state index in [0.717, 1.165) is 83.3 Å². The van der Waals surface area contributed by atoms with E-state index in [1.807, 2.05) is 42.6 Å². The van der Waals surface area contributed by atoms with Crippen LogP contribution in [0.3, 0.4) is 0 Å². The number of imidazole rings is 1. The number of rotatable bonds is 7. The molecule has 0 saturated heterocycles. The molecule has 3 aromatic heterocycles. The summed E-state index contributed by atoms with van der Waals surface area (Å²) >= 11 is 0. The minimum absolute atomic E-state index is 0. The number of hydrogen-bond acceptors (Lipinski definition) is 4. The third-order valence-electron chi connectivity index (χ3n) is 12.5. The van der Waals surface area contributed by atoms with E-state index in [2.05, 4.69) is 181 Å². The average molecular weight is 1030 g/mol. The molecule has 0 saturated carbocycles. The monoisotopic (exact) mass is 1030 g/mol. The van der Waals surface area contributed by atoms with Crippen LogP contribution in [0.15, 0.2) is 162 Å². The number of furan rings is 1. The van der Waals surface area contributed by atoms with Crippen LogP contribution in [0.2, 0.25) is 0 Å². The SMILES string of the molecule is CC(C)c1cc(-c2ccc(-c3ccccc3)cc2)ccc1-n1c(-c2cc(C(C)(C)C)cc(C(C)(C)C)c2O)nc2c3c(ccc21)oc1ccc(-c2cc(-c4ccccc4)ccn2)[c-]c13.[Pt]. The second kappa shape index (κ2) is 16.8. The Hall–Kier alpha value is -6.55. The van der Waals surface area contributed by atoms with Crippen molar-refractivity contribution in [2.75, 3.05) is 0 Å². The molecule has 0 amide bonds. The second-order valence-corrected chi connectivity index (χ2v) is 19.4. The van der Waals surface area contributed by atoms with Crippen molar-refractivity contribution in [1.82, 2.24) is 14.5 Å². The average Bonchev–Trinajstić information content (AvgIpc) is 3.87. The molecule has 0 radical (unpaired) electrons. The van der Waals surface area contributed by atoms with E-state index in [0.29, 0.717) is 11.4 Å². The van der Waals surface area contributed by atoms with E-state index in [-0.39, 0.29) is 43.6 Å². The van der Waals surface area contributed by atoms with Gasteiger partial charge in [-0.1, -0.05) is 176 Å². The molecule has 3 heterocycles. The van der Waals surface area contributed by atoms with E-state index < -0.39 is 0 Å². The summed E-state index contributed by atoms with van der Waals surface area (Å²) in [6.07, 6.45) is 1.86. The van der Waals surface area contributed by atoms with E-state index >= 15 is 0 Å². The molecule has 6 heteroatoms. The number of phenols is 1. The van der Waals surface area contributed by atoms with Crippen LogP contribution in [0.4, 0.5) is 0 Å². The van der Waals surface area contributed by atoms with E-state index in [1.54, 1.807) is 0 Å². The van der Waals surface area contributed by atoms with Crippen LogP contribution in [0, 0.1) is 6.07 Å². The van der Waals surface area contributed by atoms with Gasteiger partial charge in [0.25, 0.3) is 0 Å². The first kappa shape index (κ1) is 43.7. The summed E-state index contributed by atoms with van der Waals surface area (Å²) in [6.45, 7) is 17.6. The van der Waals surface area contributed by atoms with Crippen LogP contribution in [0.25, 0.3) is 94.7 Å². The Morgan fingerprint density at radius 2 is 1.22 bits per heavy atom. The fraction of sp³-hybridized carbons (Fsp3) is 0.186. The van der Waals surface area contributed by atoms with Gasteiger partial charge in [0.05, 0.1) is 33.5 Å². The van der Waals surface area contributed by atoms with Crippen molar-refractivity contribution >= 4 is 33.0 Å². The molecule has 7 aromatic carbocycles. The van der Waals surface area contributed by atoms with Gasteiger partial charge in [0.15, 0.2) is 0 Å². The number of hydrogen-bond donors (Lipinski definition) is 1. The number of aromatic hydroxyl groups is 1. The quantitative estimate of drug-likeness (QED) is 0.162. The Morgan fingerprint density at radius 1 is 0.615 bits per heavy atom. The molecule has 0 unspecified atom stereocenters. The minimum Gasteiger partial charge on any atom is -0.507 e. The zero-order valence-corrected chi connectivity index (χ0v) is 40.4. The predicted octanol–water partition coefficient (Wildman–Crippen LogP) is 15.9. The first-order valence-corrected chi connectivity index (χ1v) is 22.2. The summed E-state index contributed by atoms with van der Waals surface area (Å²) in [6, 6.07) is 56.8. The largest absolute Gasteiger partial charge is 0.507 e. The summed E-state index contributed by atoms with van der Waals surface area (Å²) in [7, 11) is 0. The normalized spacial score (nSPS) is 12.1. The minimum atomic E-state index is -0.330. The molecular formula is C59H52N3O2Pt-. The van der Waals surface area contributed by atoms with Gasteiger partial charge in [0.2, 0.25) is 0 Å². The number of nitrogens with zero attached hydrogens (tertiary/aromatic N) is 3. The van der Waals surface area contributed by atoms with Crippen LogP contribution in [0.1, 0.15) is 78.0 Å². The number of pyridine rings is 1. The topological polar surface area (TPSA) is 64.1 Å². The molecule has 0 bridgehead atoms. The van der Waals surface area contributed by atoms with Gasteiger partial charge in [-0.25, -0.2) is 4.98 Å². The maximum atomic E-state index is 12.5. The van der Waals surface area contributed by atoms with Crippen molar-refractivity contribution in [2.24, 2.45) is 0 Å². The predicted molar refractivity (Wildman–Crippen MR) is 265 cm³/mol. The maximum Gasteiger partial charge on any atom is 0.148 e. The van der Waals surface area contributed by atoms with Gasteiger partial charge in [-0.15, -0.1) is 12.1 Å².